The number of carbonyl (C=O) groups is 1. The summed E-state index contributed by atoms with van der Waals surface area (Å²) in [4.78, 5) is 18.9. The number of nitrogens with one attached hydrogen (secondary N) is 1. The molecule has 4 rings (SSSR count). The van der Waals surface area contributed by atoms with E-state index in [1.54, 1.807) is 6.92 Å². The van der Waals surface area contributed by atoms with Crippen LogP contribution in [0.25, 0.3) is 0 Å². The van der Waals surface area contributed by atoms with Gasteiger partial charge in [0.2, 0.25) is 5.89 Å². The lowest BCUT2D eigenvalue weighted by Crippen LogP contribution is -2.52. The first-order chi connectivity index (χ1) is 14.0. The Bertz CT molecular complexity index is 1010. The van der Waals surface area contributed by atoms with Crippen LogP contribution in [0.4, 0.5) is 14.7 Å². The smallest absolute Gasteiger partial charge is 0.266 e. The number of anilines is 1. The predicted octanol–water partition coefficient (Wildman–Crippen LogP) is 3.45. The highest BCUT2D eigenvalue weighted by Gasteiger charge is 2.33. The molecule has 2 aromatic carbocycles. The minimum Gasteiger partial charge on any atom is -0.347 e. The Balaban J connectivity index is 1.59. The van der Waals surface area contributed by atoms with E-state index in [1.165, 1.54) is 0 Å². The maximum atomic E-state index is 14.1. The van der Waals surface area contributed by atoms with Crippen molar-refractivity contribution in [2.24, 2.45) is 0 Å². The third-order valence-corrected chi connectivity index (χ3v) is 5.13. The third-order valence-electron chi connectivity index (χ3n) is 5.13. The van der Waals surface area contributed by atoms with E-state index < -0.39 is 17.5 Å². The van der Waals surface area contributed by atoms with E-state index in [2.05, 4.69) is 15.5 Å². The fraction of sp³-hybridized carbons (Fsp3) is 0.286. The van der Waals surface area contributed by atoms with E-state index in [9.17, 15) is 13.6 Å². The summed E-state index contributed by atoms with van der Waals surface area (Å²) in [6.07, 6.45) is 0.744. The lowest BCUT2D eigenvalue weighted by Gasteiger charge is -2.38. The first kappa shape index (κ1) is 19.0. The Hall–Kier alpha value is -3.29. The van der Waals surface area contributed by atoms with E-state index >= 15 is 0 Å². The van der Waals surface area contributed by atoms with Gasteiger partial charge in [-0.25, -0.2) is 8.78 Å². The number of rotatable bonds is 4. The van der Waals surface area contributed by atoms with Gasteiger partial charge in [0, 0.05) is 32.0 Å². The molecule has 2 atom stereocenters. The van der Waals surface area contributed by atoms with Crippen molar-refractivity contribution in [3.63, 3.8) is 0 Å². The molecule has 0 radical (unpaired) electrons. The van der Waals surface area contributed by atoms with Gasteiger partial charge in [0.15, 0.2) is 0 Å². The van der Waals surface area contributed by atoms with Crippen molar-refractivity contribution in [2.75, 3.05) is 18.0 Å². The summed E-state index contributed by atoms with van der Waals surface area (Å²) in [6.45, 7) is 2.84. The fourth-order valence-corrected chi connectivity index (χ4v) is 3.72. The molecule has 0 saturated carbocycles. The summed E-state index contributed by atoms with van der Waals surface area (Å²) in [7, 11) is 0. The maximum absolute atomic E-state index is 14.1. The largest absolute Gasteiger partial charge is 0.347 e. The molecule has 8 heteroatoms. The van der Waals surface area contributed by atoms with E-state index in [1.807, 2.05) is 35.2 Å². The van der Waals surface area contributed by atoms with E-state index in [0.29, 0.717) is 31.0 Å². The lowest BCUT2D eigenvalue weighted by molar-refractivity contribution is 0.0923. The zero-order chi connectivity index (χ0) is 20.4. The van der Waals surface area contributed by atoms with Crippen molar-refractivity contribution in [2.45, 2.75) is 25.3 Å². The molecule has 0 bridgehead atoms. The minimum absolute atomic E-state index is 0.0351. The molecule has 150 valence electrons. The van der Waals surface area contributed by atoms with Crippen LogP contribution in [0.5, 0.6) is 0 Å². The molecule has 0 unspecified atom stereocenters. The highest BCUT2D eigenvalue weighted by atomic mass is 19.1. The number of nitrogens with zero attached hydrogens (tertiary/aromatic N) is 3. The number of halogens is 2. The number of benzene rings is 2. The van der Waals surface area contributed by atoms with Gasteiger partial charge in [0.05, 0.1) is 11.6 Å². The van der Waals surface area contributed by atoms with Gasteiger partial charge in [-0.2, -0.15) is 4.98 Å². The Morgan fingerprint density at radius 3 is 2.69 bits per heavy atom. The molecule has 29 heavy (non-hydrogen) atoms. The van der Waals surface area contributed by atoms with Gasteiger partial charge >= 0.3 is 0 Å². The van der Waals surface area contributed by atoms with Crippen molar-refractivity contribution >= 4 is 11.9 Å². The van der Waals surface area contributed by atoms with Crippen molar-refractivity contribution in [1.29, 1.82) is 0 Å². The van der Waals surface area contributed by atoms with Gasteiger partial charge in [-0.3, -0.25) is 4.79 Å². The monoisotopic (exact) mass is 398 g/mol. The van der Waals surface area contributed by atoms with Crippen molar-refractivity contribution < 1.29 is 18.1 Å². The summed E-state index contributed by atoms with van der Waals surface area (Å²) in [6, 6.07) is 12.5. The molecule has 0 spiro atoms. The molecule has 6 nitrogen and oxygen atoms in total. The summed E-state index contributed by atoms with van der Waals surface area (Å²) >= 11 is 0. The molecular formula is C21H20F2N4O2. The van der Waals surface area contributed by atoms with Crippen LogP contribution < -0.4 is 10.2 Å². The Morgan fingerprint density at radius 1 is 1.21 bits per heavy atom. The number of aryl methyl sites for hydroxylation is 1. The summed E-state index contributed by atoms with van der Waals surface area (Å²) in [5.41, 5.74) is 0.895. The molecule has 1 aliphatic heterocycles. The first-order valence-corrected chi connectivity index (χ1v) is 9.37. The number of hydrogen-bond donors (Lipinski definition) is 1. The van der Waals surface area contributed by atoms with Crippen LogP contribution in [-0.2, 0) is 0 Å². The summed E-state index contributed by atoms with van der Waals surface area (Å²) < 4.78 is 32.3. The van der Waals surface area contributed by atoms with Gasteiger partial charge in [-0.05, 0) is 29.3 Å². The normalized spacial score (nSPS) is 19.2. The summed E-state index contributed by atoms with van der Waals surface area (Å²) in [5.74, 6) is -1.24. The predicted molar refractivity (Wildman–Crippen MR) is 103 cm³/mol. The topological polar surface area (TPSA) is 71.3 Å². The van der Waals surface area contributed by atoms with Crippen LogP contribution in [0.3, 0.4) is 0 Å². The molecule has 0 aliphatic carbocycles. The van der Waals surface area contributed by atoms with Crippen molar-refractivity contribution in [3.8, 4) is 0 Å². The van der Waals surface area contributed by atoms with Gasteiger partial charge in [-0.1, -0.05) is 30.3 Å². The lowest BCUT2D eigenvalue weighted by atomic mass is 9.85. The second kappa shape index (κ2) is 7.98. The second-order valence-corrected chi connectivity index (χ2v) is 7.07. The molecule has 1 N–H and O–H groups in total. The first-order valence-electron chi connectivity index (χ1n) is 9.37. The number of hydrogen-bond acceptors (Lipinski definition) is 5. The van der Waals surface area contributed by atoms with Gasteiger partial charge in [0.25, 0.3) is 11.9 Å². The average molecular weight is 398 g/mol. The van der Waals surface area contributed by atoms with Crippen LogP contribution in [0, 0.1) is 18.6 Å². The van der Waals surface area contributed by atoms with E-state index in [-0.39, 0.29) is 17.5 Å². The number of piperidine rings is 1. The standard InChI is InChI=1S/C21H20F2N4O2/c1-13-24-21(26-29-13)27-10-9-16(14-5-3-2-4-6-14)19(12-27)25-20(28)17-8-7-15(22)11-18(17)23/h2-8,11,16,19H,9-10,12H2,1H3,(H,25,28)/t16-,19+/m0/s1. The summed E-state index contributed by atoms with van der Waals surface area (Å²) in [5, 5.41) is 6.88. The fourth-order valence-electron chi connectivity index (χ4n) is 3.72. The Labute approximate surface area is 166 Å². The van der Waals surface area contributed by atoms with Gasteiger partial charge in [0.1, 0.15) is 11.6 Å². The molecule has 1 amide bonds. The average Bonchev–Trinajstić information content (AvgIpc) is 3.15. The van der Waals surface area contributed by atoms with Crippen molar-refractivity contribution in [3.05, 3.63) is 77.2 Å². The van der Waals surface area contributed by atoms with Crippen LogP contribution in [0.15, 0.2) is 53.1 Å². The van der Waals surface area contributed by atoms with Crippen molar-refractivity contribution in [1.82, 2.24) is 15.5 Å². The SMILES string of the molecule is Cc1nc(N2CC[C@@H](c3ccccc3)[C@H](NC(=O)c3ccc(F)cc3F)C2)no1. The zero-order valence-electron chi connectivity index (χ0n) is 15.8. The number of carbonyl (C=O) groups excluding carboxylic acids is 1. The second-order valence-electron chi connectivity index (χ2n) is 7.07. The highest BCUT2D eigenvalue weighted by molar-refractivity contribution is 5.94. The van der Waals surface area contributed by atoms with E-state index in [0.717, 1.165) is 24.1 Å². The molecule has 1 fully saturated rings. The molecule has 1 saturated heterocycles. The molecule has 1 aliphatic rings. The third kappa shape index (κ3) is 4.11. The number of amides is 1. The molecular weight excluding hydrogens is 378 g/mol. The molecule has 2 heterocycles. The van der Waals surface area contributed by atoms with Crippen LogP contribution in [0.2, 0.25) is 0 Å². The number of aromatic nitrogens is 2. The zero-order valence-corrected chi connectivity index (χ0v) is 15.8. The molecule has 3 aromatic rings. The molecule has 1 aromatic heterocycles. The Morgan fingerprint density at radius 2 is 2.00 bits per heavy atom. The van der Waals surface area contributed by atoms with Crippen LogP contribution in [0.1, 0.15) is 34.2 Å². The van der Waals surface area contributed by atoms with E-state index in [4.69, 9.17) is 4.52 Å². The quantitative estimate of drug-likeness (QED) is 0.729. The van der Waals surface area contributed by atoms with Crippen LogP contribution >= 0.6 is 0 Å². The van der Waals surface area contributed by atoms with Gasteiger partial charge < -0.3 is 14.7 Å². The van der Waals surface area contributed by atoms with Gasteiger partial charge in [-0.15, -0.1) is 0 Å². The Kier molecular flexibility index (Phi) is 5.24. The minimum atomic E-state index is -0.889. The van der Waals surface area contributed by atoms with Crippen LogP contribution in [-0.4, -0.2) is 35.2 Å². The highest BCUT2D eigenvalue weighted by Crippen LogP contribution is 2.30. The maximum Gasteiger partial charge on any atom is 0.266 e.